The molecule has 0 unspecified atom stereocenters. The van der Waals surface area contributed by atoms with Gasteiger partial charge in [-0.15, -0.1) is 0 Å². The Labute approximate surface area is 145 Å². The molecule has 128 valence electrons. The van der Waals surface area contributed by atoms with Crippen LogP contribution in [0.1, 0.15) is 41.7 Å². The van der Waals surface area contributed by atoms with Gasteiger partial charge in [0.15, 0.2) is 0 Å². The van der Waals surface area contributed by atoms with Crippen LogP contribution in [0.3, 0.4) is 0 Å². The molecule has 0 atom stereocenters. The van der Waals surface area contributed by atoms with Crippen LogP contribution in [0.4, 0.5) is 5.13 Å². The molecule has 1 N–H and O–H groups in total. The Balaban J connectivity index is 2.01. The van der Waals surface area contributed by atoms with Crippen LogP contribution in [0.5, 0.6) is 5.75 Å². The molecular formula is C17H21N3O3S. The summed E-state index contributed by atoms with van der Waals surface area (Å²) >= 11 is 1.23. The van der Waals surface area contributed by atoms with Crippen LogP contribution in [0.25, 0.3) is 0 Å². The monoisotopic (exact) mass is 347 g/mol. The van der Waals surface area contributed by atoms with Crippen molar-refractivity contribution in [3.05, 3.63) is 40.4 Å². The number of thiazole rings is 1. The number of benzene rings is 1. The van der Waals surface area contributed by atoms with Crippen molar-refractivity contribution in [3.63, 3.8) is 0 Å². The first-order valence-electron chi connectivity index (χ1n) is 7.67. The van der Waals surface area contributed by atoms with Crippen molar-refractivity contribution in [2.45, 2.75) is 33.3 Å². The van der Waals surface area contributed by atoms with E-state index < -0.39 is 0 Å². The fourth-order valence-corrected chi connectivity index (χ4v) is 2.88. The topological polar surface area (TPSA) is 72.8 Å². The van der Waals surface area contributed by atoms with E-state index in [1.54, 1.807) is 6.21 Å². The maximum Gasteiger partial charge on any atom is 0.350 e. The predicted octanol–water partition coefficient (Wildman–Crippen LogP) is 3.73. The maximum absolute atomic E-state index is 11.7. The second-order valence-corrected chi connectivity index (χ2v) is 6.24. The van der Waals surface area contributed by atoms with Gasteiger partial charge in [-0.25, -0.2) is 9.78 Å². The molecule has 2 aromatic rings. The molecule has 0 spiro atoms. The number of ether oxygens (including phenoxy) is 2. The van der Waals surface area contributed by atoms with Gasteiger partial charge in [0.1, 0.15) is 10.6 Å². The molecule has 0 aliphatic heterocycles. The standard InChI is InChI=1S/C17H21N3O3S/c1-5-14-15(16(21)22-4)24-17(19-14)20-18-10-12-6-8-13(9-7-12)23-11(2)3/h6-11H,5H2,1-4H3,(H,19,20)/b18-10-. The summed E-state index contributed by atoms with van der Waals surface area (Å²) in [7, 11) is 1.36. The molecule has 6 nitrogen and oxygen atoms in total. The Hall–Kier alpha value is -2.41. The number of aryl methyl sites for hydroxylation is 1. The first-order valence-corrected chi connectivity index (χ1v) is 8.49. The lowest BCUT2D eigenvalue weighted by atomic mass is 10.2. The Morgan fingerprint density at radius 1 is 1.38 bits per heavy atom. The van der Waals surface area contributed by atoms with Crippen molar-refractivity contribution in [1.29, 1.82) is 0 Å². The lowest BCUT2D eigenvalue weighted by Gasteiger charge is -2.08. The highest BCUT2D eigenvalue weighted by Crippen LogP contribution is 2.24. The number of rotatable bonds is 7. The smallest absolute Gasteiger partial charge is 0.350 e. The van der Waals surface area contributed by atoms with E-state index >= 15 is 0 Å². The van der Waals surface area contributed by atoms with Crippen molar-refractivity contribution in [2.75, 3.05) is 12.5 Å². The van der Waals surface area contributed by atoms with Gasteiger partial charge in [0.2, 0.25) is 5.13 Å². The maximum atomic E-state index is 11.7. The molecule has 0 radical (unpaired) electrons. The second kappa shape index (κ2) is 8.44. The van der Waals surface area contributed by atoms with Crippen LogP contribution < -0.4 is 10.2 Å². The number of hydrogen-bond acceptors (Lipinski definition) is 7. The zero-order valence-corrected chi connectivity index (χ0v) is 15.0. The molecule has 0 saturated carbocycles. The van der Waals surface area contributed by atoms with Crippen LogP contribution in [0.2, 0.25) is 0 Å². The molecule has 0 fully saturated rings. The minimum atomic E-state index is -0.373. The van der Waals surface area contributed by atoms with Gasteiger partial charge >= 0.3 is 5.97 Å². The average Bonchev–Trinajstić information content (AvgIpc) is 2.98. The summed E-state index contributed by atoms with van der Waals surface area (Å²) in [6, 6.07) is 7.63. The van der Waals surface area contributed by atoms with E-state index in [0.29, 0.717) is 22.1 Å². The second-order valence-electron chi connectivity index (χ2n) is 5.25. The summed E-state index contributed by atoms with van der Waals surface area (Å²) in [4.78, 5) is 16.5. The Bertz CT molecular complexity index is 708. The van der Waals surface area contributed by atoms with E-state index in [4.69, 9.17) is 9.47 Å². The van der Waals surface area contributed by atoms with Crippen LogP contribution in [-0.4, -0.2) is 30.4 Å². The Morgan fingerprint density at radius 3 is 2.67 bits per heavy atom. The third-order valence-electron chi connectivity index (χ3n) is 3.03. The van der Waals surface area contributed by atoms with Crippen molar-refractivity contribution in [3.8, 4) is 5.75 Å². The van der Waals surface area contributed by atoms with Gasteiger partial charge < -0.3 is 9.47 Å². The van der Waals surface area contributed by atoms with Crippen molar-refractivity contribution in [1.82, 2.24) is 4.98 Å². The highest BCUT2D eigenvalue weighted by atomic mass is 32.1. The molecule has 1 aromatic heterocycles. The first-order chi connectivity index (χ1) is 11.5. The van der Waals surface area contributed by atoms with Crippen LogP contribution in [0.15, 0.2) is 29.4 Å². The Kier molecular flexibility index (Phi) is 6.31. The van der Waals surface area contributed by atoms with E-state index in [1.165, 1.54) is 18.4 Å². The summed E-state index contributed by atoms with van der Waals surface area (Å²) in [6.07, 6.45) is 2.49. The van der Waals surface area contributed by atoms with Gasteiger partial charge in [0, 0.05) is 0 Å². The number of carbonyl (C=O) groups excluding carboxylic acids is 1. The molecule has 0 saturated heterocycles. The third kappa shape index (κ3) is 4.79. The van der Waals surface area contributed by atoms with Gasteiger partial charge in [-0.05, 0) is 50.1 Å². The normalized spacial score (nSPS) is 11.0. The van der Waals surface area contributed by atoms with Crippen molar-refractivity contribution in [2.24, 2.45) is 5.10 Å². The zero-order valence-electron chi connectivity index (χ0n) is 14.2. The average molecular weight is 347 g/mol. The molecule has 1 heterocycles. The molecule has 0 aliphatic rings. The number of carbonyl (C=O) groups is 1. The molecular weight excluding hydrogens is 326 g/mol. The first kappa shape index (κ1) is 17.9. The largest absolute Gasteiger partial charge is 0.491 e. The number of aromatic nitrogens is 1. The molecule has 0 aliphatic carbocycles. The molecule has 1 aromatic carbocycles. The van der Waals surface area contributed by atoms with Gasteiger partial charge in [-0.3, -0.25) is 5.43 Å². The lowest BCUT2D eigenvalue weighted by molar-refractivity contribution is 0.0605. The molecule has 0 amide bonds. The van der Waals surface area contributed by atoms with E-state index in [-0.39, 0.29) is 12.1 Å². The fraction of sp³-hybridized carbons (Fsp3) is 0.353. The van der Waals surface area contributed by atoms with Crippen LogP contribution >= 0.6 is 11.3 Å². The minimum absolute atomic E-state index is 0.146. The number of hydrazone groups is 1. The zero-order chi connectivity index (χ0) is 17.5. The minimum Gasteiger partial charge on any atom is -0.491 e. The SMILES string of the molecule is CCc1nc(N/N=C\c2ccc(OC(C)C)cc2)sc1C(=O)OC. The number of methoxy groups -OCH3 is 1. The summed E-state index contributed by atoms with van der Waals surface area (Å²) in [6.45, 7) is 5.91. The molecule has 2 rings (SSSR count). The van der Waals surface area contributed by atoms with E-state index in [9.17, 15) is 4.79 Å². The molecule has 0 bridgehead atoms. The van der Waals surface area contributed by atoms with Crippen molar-refractivity contribution < 1.29 is 14.3 Å². The van der Waals surface area contributed by atoms with Gasteiger partial charge in [-0.1, -0.05) is 18.3 Å². The fourth-order valence-electron chi connectivity index (χ4n) is 1.96. The third-order valence-corrected chi connectivity index (χ3v) is 4.01. The van der Waals surface area contributed by atoms with E-state index in [0.717, 1.165) is 11.3 Å². The Morgan fingerprint density at radius 2 is 2.08 bits per heavy atom. The van der Waals surface area contributed by atoms with Gasteiger partial charge in [-0.2, -0.15) is 5.10 Å². The number of nitrogens with one attached hydrogen (secondary N) is 1. The summed E-state index contributed by atoms with van der Waals surface area (Å²) in [5, 5.41) is 4.71. The van der Waals surface area contributed by atoms with E-state index in [1.807, 2.05) is 45.0 Å². The van der Waals surface area contributed by atoms with Crippen LogP contribution in [-0.2, 0) is 11.2 Å². The summed E-state index contributed by atoms with van der Waals surface area (Å²) < 4.78 is 10.3. The summed E-state index contributed by atoms with van der Waals surface area (Å²) in [5.41, 5.74) is 4.49. The van der Waals surface area contributed by atoms with Gasteiger partial charge in [0.05, 0.1) is 25.1 Å². The van der Waals surface area contributed by atoms with Crippen LogP contribution in [0, 0.1) is 0 Å². The van der Waals surface area contributed by atoms with E-state index in [2.05, 4.69) is 15.5 Å². The summed E-state index contributed by atoms with van der Waals surface area (Å²) in [5.74, 6) is 0.451. The number of esters is 1. The highest BCUT2D eigenvalue weighted by molar-refractivity contribution is 7.17. The molecule has 24 heavy (non-hydrogen) atoms. The molecule has 7 heteroatoms. The number of anilines is 1. The number of hydrogen-bond donors (Lipinski definition) is 1. The quantitative estimate of drug-likeness (QED) is 0.469. The predicted molar refractivity (Wildman–Crippen MR) is 96.3 cm³/mol. The number of nitrogens with zero attached hydrogens (tertiary/aromatic N) is 2. The van der Waals surface area contributed by atoms with Crippen molar-refractivity contribution >= 4 is 28.7 Å². The highest BCUT2D eigenvalue weighted by Gasteiger charge is 2.17. The lowest BCUT2D eigenvalue weighted by Crippen LogP contribution is -2.05. The van der Waals surface area contributed by atoms with Gasteiger partial charge in [0.25, 0.3) is 0 Å².